The van der Waals surface area contributed by atoms with E-state index in [9.17, 15) is 4.79 Å². The molecule has 3 heterocycles. The molecule has 1 aromatic rings. The van der Waals surface area contributed by atoms with Gasteiger partial charge in [-0.1, -0.05) is 13.8 Å². The maximum Gasteiger partial charge on any atom is 0.317 e. The summed E-state index contributed by atoms with van der Waals surface area (Å²) >= 11 is 0. The summed E-state index contributed by atoms with van der Waals surface area (Å²) in [5.41, 5.74) is 1.17. The van der Waals surface area contributed by atoms with Crippen molar-refractivity contribution in [2.45, 2.75) is 19.9 Å². The normalized spacial score (nSPS) is 20.3. The van der Waals surface area contributed by atoms with Crippen LogP contribution in [0.1, 0.15) is 13.8 Å². The van der Waals surface area contributed by atoms with E-state index in [1.54, 1.807) is 0 Å². The Balaban J connectivity index is 1.46. The van der Waals surface area contributed by atoms with Crippen LogP contribution < -0.4 is 10.2 Å². The summed E-state index contributed by atoms with van der Waals surface area (Å²) < 4.78 is 5.45. The van der Waals surface area contributed by atoms with Gasteiger partial charge >= 0.3 is 6.03 Å². The number of urea groups is 1. The maximum atomic E-state index is 12.6. The molecule has 7 nitrogen and oxygen atoms in total. The molecule has 0 radical (unpaired) electrons. The standard InChI is InChI=1S/C19H31N5O2/c1-16(2)18(23-11-13-26-14-12-23)15-21-19(25)24-9-7-22(8-10-24)17-3-5-20-6-4-17/h3-6,16,18H,7-15H2,1-2H3,(H,21,25). The minimum Gasteiger partial charge on any atom is -0.379 e. The molecular formula is C19H31N5O2. The summed E-state index contributed by atoms with van der Waals surface area (Å²) in [6.07, 6.45) is 3.62. The summed E-state index contributed by atoms with van der Waals surface area (Å²) in [6.45, 7) is 11.8. The van der Waals surface area contributed by atoms with Crippen LogP contribution in [0.3, 0.4) is 0 Å². The number of carbonyl (C=O) groups excluding carboxylic acids is 1. The van der Waals surface area contributed by atoms with Crippen molar-refractivity contribution in [2.24, 2.45) is 5.92 Å². The maximum absolute atomic E-state index is 12.6. The van der Waals surface area contributed by atoms with E-state index in [1.165, 1.54) is 5.69 Å². The van der Waals surface area contributed by atoms with E-state index in [2.05, 4.69) is 33.9 Å². The lowest BCUT2D eigenvalue weighted by Gasteiger charge is -2.38. The number of amides is 2. The van der Waals surface area contributed by atoms with Crippen molar-refractivity contribution in [3.05, 3.63) is 24.5 Å². The Labute approximate surface area is 156 Å². The molecule has 2 saturated heterocycles. The number of morpholine rings is 1. The van der Waals surface area contributed by atoms with Crippen LogP contribution in [0.5, 0.6) is 0 Å². The zero-order valence-electron chi connectivity index (χ0n) is 15.9. The molecule has 1 atom stereocenters. The average molecular weight is 361 g/mol. The van der Waals surface area contributed by atoms with Crippen LogP contribution in [0.2, 0.25) is 0 Å². The molecule has 1 unspecified atom stereocenters. The Morgan fingerprint density at radius 3 is 2.38 bits per heavy atom. The van der Waals surface area contributed by atoms with Gasteiger partial charge in [0.05, 0.1) is 13.2 Å². The van der Waals surface area contributed by atoms with Crippen LogP contribution in [0.15, 0.2) is 24.5 Å². The fourth-order valence-electron chi connectivity index (χ4n) is 3.72. The Morgan fingerprint density at radius 2 is 1.77 bits per heavy atom. The first-order valence-corrected chi connectivity index (χ1v) is 9.64. The average Bonchev–Trinajstić information content (AvgIpc) is 2.69. The predicted octanol–water partition coefficient (Wildman–Crippen LogP) is 1.27. The number of pyridine rings is 1. The van der Waals surface area contributed by atoms with Crippen molar-refractivity contribution in [1.29, 1.82) is 0 Å². The molecule has 0 aliphatic carbocycles. The molecule has 2 fully saturated rings. The molecular weight excluding hydrogens is 330 g/mol. The first-order chi connectivity index (χ1) is 12.6. The summed E-state index contributed by atoms with van der Waals surface area (Å²) in [7, 11) is 0. The SMILES string of the molecule is CC(C)C(CNC(=O)N1CCN(c2ccncc2)CC1)N1CCOCC1. The van der Waals surface area contributed by atoms with Crippen molar-refractivity contribution in [2.75, 3.05) is 63.9 Å². The lowest BCUT2D eigenvalue weighted by atomic mass is 10.0. The third kappa shape index (κ3) is 4.86. The van der Waals surface area contributed by atoms with E-state index in [0.29, 0.717) is 18.5 Å². The lowest BCUT2D eigenvalue weighted by molar-refractivity contribution is 0.00693. The second-order valence-electron chi connectivity index (χ2n) is 7.33. The minimum absolute atomic E-state index is 0.0540. The highest BCUT2D eigenvalue weighted by Crippen LogP contribution is 2.15. The van der Waals surface area contributed by atoms with Crippen LogP contribution in [0.25, 0.3) is 0 Å². The number of nitrogens with one attached hydrogen (secondary N) is 1. The molecule has 26 heavy (non-hydrogen) atoms. The van der Waals surface area contributed by atoms with E-state index >= 15 is 0 Å². The van der Waals surface area contributed by atoms with Gasteiger partial charge in [-0.15, -0.1) is 0 Å². The van der Waals surface area contributed by atoms with Crippen molar-refractivity contribution < 1.29 is 9.53 Å². The van der Waals surface area contributed by atoms with Gasteiger partial charge in [-0.2, -0.15) is 0 Å². The van der Waals surface area contributed by atoms with Crippen LogP contribution in [0, 0.1) is 5.92 Å². The lowest BCUT2D eigenvalue weighted by Crippen LogP contribution is -2.55. The number of hydrogen-bond acceptors (Lipinski definition) is 5. The van der Waals surface area contributed by atoms with Gasteiger partial charge in [-0.3, -0.25) is 9.88 Å². The number of carbonyl (C=O) groups is 1. The second kappa shape index (κ2) is 9.19. The van der Waals surface area contributed by atoms with E-state index < -0.39 is 0 Å². The topological polar surface area (TPSA) is 60.9 Å². The Kier molecular flexibility index (Phi) is 6.68. The molecule has 0 bridgehead atoms. The number of ether oxygens (including phenoxy) is 1. The van der Waals surface area contributed by atoms with Gasteiger partial charge in [0.1, 0.15) is 0 Å². The van der Waals surface area contributed by atoms with Crippen LogP contribution in [-0.2, 0) is 4.74 Å². The zero-order valence-corrected chi connectivity index (χ0v) is 15.9. The Bertz CT molecular complexity index is 554. The largest absolute Gasteiger partial charge is 0.379 e. The Morgan fingerprint density at radius 1 is 1.12 bits per heavy atom. The predicted molar refractivity (Wildman–Crippen MR) is 102 cm³/mol. The van der Waals surface area contributed by atoms with Gasteiger partial charge < -0.3 is 19.9 Å². The molecule has 0 saturated carbocycles. The second-order valence-corrected chi connectivity index (χ2v) is 7.33. The van der Waals surface area contributed by atoms with Crippen molar-refractivity contribution >= 4 is 11.7 Å². The first kappa shape index (κ1) is 18.9. The van der Waals surface area contributed by atoms with Gasteiger partial charge in [0.25, 0.3) is 0 Å². The van der Waals surface area contributed by atoms with Crippen molar-refractivity contribution in [1.82, 2.24) is 20.1 Å². The van der Waals surface area contributed by atoms with Crippen molar-refractivity contribution in [3.63, 3.8) is 0 Å². The van der Waals surface area contributed by atoms with Gasteiger partial charge in [0.15, 0.2) is 0 Å². The van der Waals surface area contributed by atoms with E-state index in [1.807, 2.05) is 29.4 Å². The van der Waals surface area contributed by atoms with E-state index in [-0.39, 0.29) is 6.03 Å². The first-order valence-electron chi connectivity index (χ1n) is 9.64. The van der Waals surface area contributed by atoms with Gasteiger partial charge in [0, 0.05) is 69.9 Å². The highest BCUT2D eigenvalue weighted by Gasteiger charge is 2.26. The van der Waals surface area contributed by atoms with E-state index in [4.69, 9.17) is 4.74 Å². The number of rotatable bonds is 5. The highest BCUT2D eigenvalue weighted by molar-refractivity contribution is 5.74. The van der Waals surface area contributed by atoms with Crippen LogP contribution >= 0.6 is 0 Å². The van der Waals surface area contributed by atoms with Gasteiger partial charge in [0.2, 0.25) is 0 Å². The van der Waals surface area contributed by atoms with Crippen molar-refractivity contribution in [3.8, 4) is 0 Å². The molecule has 3 rings (SSSR count). The third-order valence-corrected chi connectivity index (χ3v) is 5.34. The molecule has 2 amide bonds. The van der Waals surface area contributed by atoms with Gasteiger partial charge in [-0.25, -0.2) is 4.79 Å². The third-order valence-electron chi connectivity index (χ3n) is 5.34. The molecule has 2 aliphatic rings. The summed E-state index contributed by atoms with van der Waals surface area (Å²) in [5, 5.41) is 3.16. The molecule has 1 aromatic heterocycles. The number of hydrogen-bond donors (Lipinski definition) is 1. The fourth-order valence-corrected chi connectivity index (χ4v) is 3.72. The quantitative estimate of drug-likeness (QED) is 0.856. The molecule has 0 spiro atoms. The van der Waals surface area contributed by atoms with Crippen LogP contribution in [-0.4, -0.2) is 85.9 Å². The molecule has 0 aromatic carbocycles. The van der Waals surface area contributed by atoms with Gasteiger partial charge in [-0.05, 0) is 18.1 Å². The number of aromatic nitrogens is 1. The number of anilines is 1. The summed E-state index contributed by atoms with van der Waals surface area (Å²) in [4.78, 5) is 23.3. The summed E-state index contributed by atoms with van der Waals surface area (Å²) in [5.74, 6) is 0.497. The number of piperazine rings is 1. The summed E-state index contributed by atoms with van der Waals surface area (Å²) in [6, 6.07) is 4.45. The Hall–Kier alpha value is -1.86. The zero-order chi connectivity index (χ0) is 18.4. The molecule has 7 heteroatoms. The monoisotopic (exact) mass is 361 g/mol. The minimum atomic E-state index is 0.0540. The molecule has 144 valence electrons. The fraction of sp³-hybridized carbons (Fsp3) is 0.684. The molecule has 1 N–H and O–H groups in total. The van der Waals surface area contributed by atoms with E-state index in [0.717, 1.165) is 52.5 Å². The molecule has 2 aliphatic heterocycles. The number of nitrogens with zero attached hydrogens (tertiary/aromatic N) is 4. The van der Waals surface area contributed by atoms with Crippen LogP contribution in [0.4, 0.5) is 10.5 Å². The highest BCUT2D eigenvalue weighted by atomic mass is 16.5. The smallest absolute Gasteiger partial charge is 0.317 e.